The number of methoxy groups -OCH3 is 1. The number of benzene rings is 1. The molecule has 0 fully saturated rings. The van der Waals surface area contributed by atoms with Gasteiger partial charge in [0.1, 0.15) is 17.7 Å². The lowest BCUT2D eigenvalue weighted by Gasteiger charge is -2.24. The number of rotatable bonds is 7. The van der Waals surface area contributed by atoms with Gasteiger partial charge in [0.05, 0.1) is 13.4 Å². The molecule has 2 aromatic rings. The van der Waals surface area contributed by atoms with Crippen LogP contribution in [0.2, 0.25) is 0 Å². The van der Waals surface area contributed by atoms with Crippen molar-refractivity contribution in [2.24, 2.45) is 5.92 Å². The summed E-state index contributed by atoms with van der Waals surface area (Å²) in [5, 5.41) is 6.69. The minimum atomic E-state index is -0.655. The lowest BCUT2D eigenvalue weighted by molar-refractivity contribution is -0.144. The number of likely N-dealkylation sites (N-methyl/N-ethyl adjacent to an activating group) is 1. The fourth-order valence-corrected chi connectivity index (χ4v) is 2.68. The number of ether oxygens (including phenoxy) is 1. The monoisotopic (exact) mass is 332 g/mol. The van der Waals surface area contributed by atoms with E-state index in [9.17, 15) is 9.59 Å². The molecule has 1 aromatic heterocycles. The summed E-state index contributed by atoms with van der Waals surface area (Å²) < 4.78 is 10.2. The number of furan rings is 1. The molecule has 0 bridgehead atoms. The molecule has 1 aromatic carbocycles. The van der Waals surface area contributed by atoms with Crippen molar-refractivity contribution in [3.63, 3.8) is 0 Å². The summed E-state index contributed by atoms with van der Waals surface area (Å²) in [6, 6.07) is 6.15. The van der Waals surface area contributed by atoms with E-state index in [1.165, 1.54) is 7.11 Å². The molecular weight excluding hydrogens is 308 g/mol. The van der Waals surface area contributed by atoms with Crippen molar-refractivity contribution in [1.82, 2.24) is 10.6 Å². The smallest absolute Gasteiger partial charge is 0.322 e. The van der Waals surface area contributed by atoms with Gasteiger partial charge in [-0.05, 0) is 36.1 Å². The van der Waals surface area contributed by atoms with Gasteiger partial charge >= 0.3 is 5.97 Å². The van der Waals surface area contributed by atoms with Crippen LogP contribution in [0.15, 0.2) is 34.9 Å². The molecule has 0 aliphatic carbocycles. The van der Waals surface area contributed by atoms with Gasteiger partial charge in [-0.2, -0.15) is 0 Å². The molecule has 2 atom stereocenters. The Morgan fingerprint density at radius 3 is 2.62 bits per heavy atom. The minimum Gasteiger partial charge on any atom is -0.468 e. The third-order valence-electron chi connectivity index (χ3n) is 3.88. The molecular formula is C18H24N2O4. The predicted molar refractivity (Wildman–Crippen MR) is 91.4 cm³/mol. The van der Waals surface area contributed by atoms with Gasteiger partial charge in [-0.3, -0.25) is 14.9 Å². The quantitative estimate of drug-likeness (QED) is 0.761. The van der Waals surface area contributed by atoms with Crippen LogP contribution in [0.25, 0.3) is 11.0 Å². The van der Waals surface area contributed by atoms with Crippen molar-refractivity contribution in [3.8, 4) is 0 Å². The lowest BCUT2D eigenvalue weighted by Crippen LogP contribution is -2.46. The number of hydrogen-bond donors (Lipinski definition) is 2. The van der Waals surface area contributed by atoms with Crippen LogP contribution < -0.4 is 10.6 Å². The summed E-state index contributed by atoms with van der Waals surface area (Å²) in [5.74, 6) is -0.305. The van der Waals surface area contributed by atoms with Gasteiger partial charge in [-0.1, -0.05) is 19.9 Å². The van der Waals surface area contributed by atoms with Gasteiger partial charge in [-0.15, -0.1) is 0 Å². The number of nitrogens with one attached hydrogen (secondary N) is 2. The van der Waals surface area contributed by atoms with E-state index in [0.717, 1.165) is 16.5 Å². The molecule has 6 nitrogen and oxygen atoms in total. The lowest BCUT2D eigenvalue weighted by atomic mass is 9.99. The molecule has 1 heterocycles. The molecule has 24 heavy (non-hydrogen) atoms. The molecule has 0 spiro atoms. The highest BCUT2D eigenvalue weighted by atomic mass is 16.5. The fraction of sp³-hybridized carbons (Fsp3) is 0.444. The number of amides is 1. The molecule has 6 heteroatoms. The second-order valence-electron chi connectivity index (χ2n) is 6.14. The van der Waals surface area contributed by atoms with E-state index >= 15 is 0 Å². The Morgan fingerprint density at radius 2 is 2.00 bits per heavy atom. The molecule has 2 N–H and O–H groups in total. The highest BCUT2D eigenvalue weighted by molar-refractivity contribution is 5.86. The van der Waals surface area contributed by atoms with Gasteiger partial charge in [0.15, 0.2) is 0 Å². The SMILES string of the molecule is CNC(=O)C(N[C@@H](CC(C)C)C(=O)OC)c1ccc2occc2c1. The Hall–Kier alpha value is -2.34. The maximum atomic E-state index is 12.4. The van der Waals surface area contributed by atoms with Gasteiger partial charge in [-0.25, -0.2) is 0 Å². The van der Waals surface area contributed by atoms with Crippen LogP contribution in [0, 0.1) is 5.92 Å². The topological polar surface area (TPSA) is 80.6 Å². The van der Waals surface area contributed by atoms with Crippen molar-refractivity contribution in [2.75, 3.05) is 14.2 Å². The first kappa shape index (κ1) is 18.0. The molecule has 1 unspecified atom stereocenters. The van der Waals surface area contributed by atoms with Crippen LogP contribution in [0.3, 0.4) is 0 Å². The van der Waals surface area contributed by atoms with Crippen LogP contribution in [0.1, 0.15) is 31.9 Å². The van der Waals surface area contributed by atoms with E-state index in [1.807, 2.05) is 38.1 Å². The predicted octanol–water partition coefficient (Wildman–Crippen LogP) is 2.40. The van der Waals surface area contributed by atoms with E-state index in [1.54, 1.807) is 13.3 Å². The van der Waals surface area contributed by atoms with E-state index in [4.69, 9.17) is 9.15 Å². The Balaban J connectivity index is 2.32. The molecule has 2 rings (SSSR count). The molecule has 0 saturated heterocycles. The highest BCUT2D eigenvalue weighted by Crippen LogP contribution is 2.23. The Bertz CT molecular complexity index is 708. The summed E-state index contributed by atoms with van der Waals surface area (Å²) in [5.41, 5.74) is 1.52. The van der Waals surface area contributed by atoms with Crippen molar-refractivity contribution in [2.45, 2.75) is 32.4 Å². The van der Waals surface area contributed by atoms with Crippen molar-refractivity contribution in [3.05, 3.63) is 36.1 Å². The van der Waals surface area contributed by atoms with Crippen LogP contribution in [0.5, 0.6) is 0 Å². The molecule has 0 aliphatic rings. The van der Waals surface area contributed by atoms with E-state index in [0.29, 0.717) is 6.42 Å². The first-order valence-electron chi connectivity index (χ1n) is 7.99. The fourth-order valence-electron chi connectivity index (χ4n) is 2.68. The highest BCUT2D eigenvalue weighted by Gasteiger charge is 2.28. The van der Waals surface area contributed by atoms with Crippen LogP contribution in [0.4, 0.5) is 0 Å². The van der Waals surface area contributed by atoms with Gasteiger partial charge in [0.25, 0.3) is 0 Å². The normalized spacial score (nSPS) is 13.7. The third-order valence-corrected chi connectivity index (χ3v) is 3.88. The number of fused-ring (bicyclic) bond motifs is 1. The summed E-state index contributed by atoms with van der Waals surface area (Å²) in [4.78, 5) is 24.4. The van der Waals surface area contributed by atoms with Crippen molar-refractivity contribution < 1.29 is 18.7 Å². The van der Waals surface area contributed by atoms with Gasteiger partial charge < -0.3 is 14.5 Å². The molecule has 1 amide bonds. The first-order valence-corrected chi connectivity index (χ1v) is 7.99. The standard InChI is InChI=1S/C18H24N2O4/c1-11(2)9-14(18(22)23-4)20-16(17(21)19-3)13-5-6-15-12(10-13)7-8-24-15/h5-8,10-11,14,16,20H,9H2,1-4H3,(H,19,21)/t14-,16?/m0/s1. The molecule has 130 valence electrons. The van der Waals surface area contributed by atoms with E-state index in [2.05, 4.69) is 10.6 Å². The van der Waals surface area contributed by atoms with Gasteiger partial charge in [0, 0.05) is 12.4 Å². The van der Waals surface area contributed by atoms with E-state index in [-0.39, 0.29) is 17.8 Å². The van der Waals surface area contributed by atoms with Crippen LogP contribution >= 0.6 is 0 Å². The summed E-state index contributed by atoms with van der Waals surface area (Å²) in [6.07, 6.45) is 2.18. The zero-order chi connectivity index (χ0) is 17.7. The first-order chi connectivity index (χ1) is 11.5. The van der Waals surface area contributed by atoms with Crippen LogP contribution in [-0.2, 0) is 14.3 Å². The van der Waals surface area contributed by atoms with Crippen molar-refractivity contribution in [1.29, 1.82) is 0 Å². The van der Waals surface area contributed by atoms with Crippen LogP contribution in [-0.4, -0.2) is 32.1 Å². The molecule has 0 aliphatic heterocycles. The summed E-state index contributed by atoms with van der Waals surface area (Å²) in [6.45, 7) is 4.04. The number of hydrogen-bond acceptors (Lipinski definition) is 5. The summed E-state index contributed by atoms with van der Waals surface area (Å²) >= 11 is 0. The Morgan fingerprint density at radius 1 is 1.25 bits per heavy atom. The minimum absolute atomic E-state index is 0.212. The number of carbonyl (C=O) groups excluding carboxylic acids is 2. The zero-order valence-corrected chi connectivity index (χ0v) is 14.5. The average molecular weight is 332 g/mol. The molecule has 0 saturated carbocycles. The maximum Gasteiger partial charge on any atom is 0.322 e. The zero-order valence-electron chi connectivity index (χ0n) is 14.5. The Kier molecular flexibility index (Phi) is 5.98. The maximum absolute atomic E-state index is 12.4. The van der Waals surface area contributed by atoms with Gasteiger partial charge in [0.2, 0.25) is 5.91 Å². The molecule has 0 radical (unpaired) electrons. The second-order valence-corrected chi connectivity index (χ2v) is 6.14. The summed E-state index contributed by atoms with van der Waals surface area (Å²) in [7, 11) is 2.92. The van der Waals surface area contributed by atoms with Crippen molar-refractivity contribution >= 4 is 22.8 Å². The largest absolute Gasteiger partial charge is 0.468 e. The van der Waals surface area contributed by atoms with E-state index < -0.39 is 12.1 Å². The Labute approximate surface area is 141 Å². The number of carbonyl (C=O) groups is 2. The average Bonchev–Trinajstić information content (AvgIpc) is 3.04. The third kappa shape index (κ3) is 4.14. The number of esters is 1. The second kappa shape index (κ2) is 7.97.